The molecular weight excluding hydrogens is 314 g/mol. The number of anilines is 2. The van der Waals surface area contributed by atoms with Gasteiger partial charge in [0, 0.05) is 44.0 Å². The molecule has 1 N–H and O–H groups in total. The van der Waals surface area contributed by atoms with E-state index in [1.807, 2.05) is 12.3 Å². The maximum atomic E-state index is 12.4. The first-order chi connectivity index (χ1) is 11.3. The summed E-state index contributed by atoms with van der Waals surface area (Å²) in [7, 11) is 0. The van der Waals surface area contributed by atoms with E-state index in [4.69, 9.17) is 4.74 Å². The predicted molar refractivity (Wildman–Crippen MR) is 90.3 cm³/mol. The van der Waals surface area contributed by atoms with Gasteiger partial charge in [-0.3, -0.25) is 0 Å². The Morgan fingerprint density at radius 1 is 1.30 bits per heavy atom. The van der Waals surface area contributed by atoms with Gasteiger partial charge in [-0.25, -0.2) is 14.8 Å². The van der Waals surface area contributed by atoms with Crippen LogP contribution >= 0.6 is 11.3 Å². The Bertz CT molecular complexity index is 641. The molecule has 23 heavy (non-hydrogen) atoms. The molecular formula is C15H19N5O2S. The number of amides is 2. The van der Waals surface area contributed by atoms with E-state index in [0.717, 1.165) is 18.2 Å². The number of rotatable bonds is 4. The van der Waals surface area contributed by atoms with Crippen LogP contribution in [0.15, 0.2) is 29.9 Å². The zero-order chi connectivity index (χ0) is 16.1. The third-order valence-corrected chi connectivity index (χ3v) is 4.38. The lowest BCUT2D eigenvalue weighted by Crippen LogP contribution is -2.50. The monoisotopic (exact) mass is 333 g/mol. The highest BCUT2D eigenvalue weighted by Crippen LogP contribution is 2.22. The number of thiazole rings is 1. The number of carbonyl (C=O) groups excluding carboxylic acids is 1. The van der Waals surface area contributed by atoms with Gasteiger partial charge in [-0.05, 0) is 19.1 Å². The van der Waals surface area contributed by atoms with Crippen molar-refractivity contribution in [1.82, 2.24) is 14.9 Å². The Morgan fingerprint density at radius 2 is 2.13 bits per heavy atom. The van der Waals surface area contributed by atoms with Crippen LogP contribution in [0.1, 0.15) is 6.92 Å². The van der Waals surface area contributed by atoms with Crippen molar-refractivity contribution in [2.45, 2.75) is 6.92 Å². The van der Waals surface area contributed by atoms with Gasteiger partial charge in [0.2, 0.25) is 5.88 Å². The molecule has 0 saturated carbocycles. The molecule has 122 valence electrons. The first-order valence-electron chi connectivity index (χ1n) is 7.56. The zero-order valence-corrected chi connectivity index (χ0v) is 13.8. The molecule has 2 amide bonds. The molecule has 1 saturated heterocycles. The van der Waals surface area contributed by atoms with E-state index in [2.05, 4.69) is 20.2 Å². The average Bonchev–Trinajstić information content (AvgIpc) is 3.11. The summed E-state index contributed by atoms with van der Waals surface area (Å²) >= 11 is 1.62. The van der Waals surface area contributed by atoms with Crippen LogP contribution in [0, 0.1) is 0 Å². The van der Waals surface area contributed by atoms with Crippen molar-refractivity contribution in [2.24, 2.45) is 0 Å². The van der Waals surface area contributed by atoms with Crippen LogP contribution in [-0.2, 0) is 0 Å². The van der Waals surface area contributed by atoms with Crippen LogP contribution in [0.2, 0.25) is 0 Å². The van der Waals surface area contributed by atoms with Gasteiger partial charge in [0.05, 0.1) is 6.61 Å². The van der Waals surface area contributed by atoms with Gasteiger partial charge in [-0.15, -0.1) is 11.3 Å². The average molecular weight is 333 g/mol. The lowest BCUT2D eigenvalue weighted by Gasteiger charge is -2.34. The fourth-order valence-electron chi connectivity index (χ4n) is 2.40. The number of ether oxygens (including phenoxy) is 1. The van der Waals surface area contributed by atoms with E-state index < -0.39 is 0 Å². The van der Waals surface area contributed by atoms with Crippen molar-refractivity contribution < 1.29 is 9.53 Å². The summed E-state index contributed by atoms with van der Waals surface area (Å²) in [5.74, 6) is 0.449. The topological polar surface area (TPSA) is 70.6 Å². The lowest BCUT2D eigenvalue weighted by atomic mass is 10.3. The minimum Gasteiger partial charge on any atom is -0.476 e. The van der Waals surface area contributed by atoms with Crippen LogP contribution in [0.5, 0.6) is 5.88 Å². The van der Waals surface area contributed by atoms with E-state index in [0.29, 0.717) is 31.3 Å². The highest BCUT2D eigenvalue weighted by atomic mass is 32.1. The van der Waals surface area contributed by atoms with E-state index in [1.54, 1.807) is 40.8 Å². The number of hydrogen-bond acceptors (Lipinski definition) is 6. The van der Waals surface area contributed by atoms with E-state index in [1.165, 1.54) is 0 Å². The summed E-state index contributed by atoms with van der Waals surface area (Å²) in [6.45, 7) is 5.29. The molecule has 0 bridgehead atoms. The fraction of sp³-hybridized carbons (Fsp3) is 0.400. The minimum absolute atomic E-state index is 0.127. The first-order valence-corrected chi connectivity index (χ1v) is 8.44. The number of urea groups is 1. The molecule has 1 fully saturated rings. The van der Waals surface area contributed by atoms with Crippen LogP contribution < -0.4 is 15.0 Å². The van der Waals surface area contributed by atoms with E-state index >= 15 is 0 Å². The van der Waals surface area contributed by atoms with Crippen molar-refractivity contribution in [2.75, 3.05) is 43.0 Å². The second-order valence-electron chi connectivity index (χ2n) is 5.01. The second-order valence-corrected chi connectivity index (χ2v) is 5.88. The summed E-state index contributed by atoms with van der Waals surface area (Å²) in [5.41, 5.74) is 0.599. The number of hydrogen-bond donors (Lipinski definition) is 1. The van der Waals surface area contributed by atoms with Crippen molar-refractivity contribution >= 4 is 28.2 Å². The molecule has 8 heteroatoms. The normalized spacial score (nSPS) is 14.7. The van der Waals surface area contributed by atoms with Gasteiger partial charge in [0.1, 0.15) is 5.69 Å². The molecule has 2 aromatic rings. The van der Waals surface area contributed by atoms with Crippen LogP contribution in [0.4, 0.5) is 15.6 Å². The van der Waals surface area contributed by atoms with Crippen molar-refractivity contribution in [3.63, 3.8) is 0 Å². The Hall–Kier alpha value is -2.35. The van der Waals surface area contributed by atoms with Crippen molar-refractivity contribution in [3.05, 3.63) is 29.9 Å². The van der Waals surface area contributed by atoms with Crippen molar-refractivity contribution in [1.29, 1.82) is 0 Å². The number of nitrogens with zero attached hydrogens (tertiary/aromatic N) is 4. The summed E-state index contributed by atoms with van der Waals surface area (Å²) in [5, 5.41) is 5.86. The fourth-order valence-corrected chi connectivity index (χ4v) is 3.10. The zero-order valence-electron chi connectivity index (χ0n) is 12.9. The number of nitrogens with one attached hydrogen (secondary N) is 1. The van der Waals surface area contributed by atoms with Gasteiger partial charge < -0.3 is 19.9 Å². The molecule has 0 unspecified atom stereocenters. The molecule has 0 spiro atoms. The van der Waals surface area contributed by atoms with E-state index in [-0.39, 0.29) is 6.03 Å². The Labute approximate surface area is 138 Å². The molecule has 0 radical (unpaired) electrons. The van der Waals surface area contributed by atoms with Gasteiger partial charge >= 0.3 is 6.03 Å². The third kappa shape index (κ3) is 3.70. The number of piperazine rings is 1. The van der Waals surface area contributed by atoms with Crippen molar-refractivity contribution in [3.8, 4) is 5.88 Å². The summed E-state index contributed by atoms with van der Waals surface area (Å²) in [6, 6.07) is 3.44. The second kappa shape index (κ2) is 7.28. The smallest absolute Gasteiger partial charge is 0.322 e. The number of carbonyl (C=O) groups is 1. The minimum atomic E-state index is -0.127. The largest absolute Gasteiger partial charge is 0.476 e. The maximum absolute atomic E-state index is 12.4. The third-order valence-electron chi connectivity index (χ3n) is 3.55. The standard InChI is InChI=1S/C15H19N5O2S/c1-2-22-13-12(4-3-5-16-13)18-14(21)19-7-9-20(10-8-19)15-17-6-11-23-15/h3-6,11H,2,7-10H2,1H3,(H,18,21). The SMILES string of the molecule is CCOc1ncccc1NC(=O)N1CCN(c2nccs2)CC1. The molecule has 0 atom stereocenters. The maximum Gasteiger partial charge on any atom is 0.322 e. The quantitative estimate of drug-likeness (QED) is 0.929. The summed E-state index contributed by atoms with van der Waals surface area (Å²) in [4.78, 5) is 24.9. The number of pyridine rings is 1. The molecule has 1 aliphatic heterocycles. The lowest BCUT2D eigenvalue weighted by molar-refractivity contribution is 0.208. The Balaban J connectivity index is 1.58. The number of aromatic nitrogens is 2. The Morgan fingerprint density at radius 3 is 2.83 bits per heavy atom. The molecule has 1 aliphatic rings. The van der Waals surface area contributed by atoms with Gasteiger partial charge in [-0.2, -0.15) is 0 Å². The molecule has 3 rings (SSSR count). The van der Waals surface area contributed by atoms with Crippen LogP contribution in [-0.4, -0.2) is 53.7 Å². The van der Waals surface area contributed by atoms with Crippen LogP contribution in [0.25, 0.3) is 0 Å². The van der Waals surface area contributed by atoms with Gasteiger partial charge in [0.15, 0.2) is 5.13 Å². The molecule has 3 heterocycles. The summed E-state index contributed by atoms with van der Waals surface area (Å²) < 4.78 is 5.43. The predicted octanol–water partition coefficient (Wildman–Crippen LogP) is 2.29. The molecule has 7 nitrogen and oxygen atoms in total. The van der Waals surface area contributed by atoms with Gasteiger partial charge in [-0.1, -0.05) is 0 Å². The molecule has 0 aromatic carbocycles. The van der Waals surface area contributed by atoms with Crippen LogP contribution in [0.3, 0.4) is 0 Å². The highest BCUT2D eigenvalue weighted by Gasteiger charge is 2.23. The Kier molecular flexibility index (Phi) is 4.92. The van der Waals surface area contributed by atoms with E-state index in [9.17, 15) is 4.79 Å². The summed E-state index contributed by atoms with van der Waals surface area (Å²) in [6.07, 6.45) is 3.45. The highest BCUT2D eigenvalue weighted by molar-refractivity contribution is 7.13. The molecule has 2 aromatic heterocycles. The van der Waals surface area contributed by atoms with Gasteiger partial charge in [0.25, 0.3) is 0 Å². The molecule has 0 aliphatic carbocycles. The first kappa shape index (κ1) is 15.5.